The first-order valence-corrected chi connectivity index (χ1v) is 6.55. The molecule has 1 spiro atoms. The van der Waals surface area contributed by atoms with E-state index in [0.717, 1.165) is 25.3 Å². The second-order valence-corrected chi connectivity index (χ2v) is 5.75. The Morgan fingerprint density at radius 1 is 1.29 bits per heavy atom. The lowest BCUT2D eigenvalue weighted by molar-refractivity contribution is 0.196. The SMILES string of the molecule is C[C@H]1CN(Cc2ccccc2)CC2(CC2)C1=N. The molecule has 0 aromatic heterocycles. The van der Waals surface area contributed by atoms with Crippen LogP contribution < -0.4 is 0 Å². The van der Waals surface area contributed by atoms with Crippen LogP contribution in [-0.2, 0) is 6.54 Å². The Kier molecular flexibility index (Phi) is 2.55. The van der Waals surface area contributed by atoms with Crippen molar-refractivity contribution in [3.8, 4) is 0 Å². The molecule has 0 bridgehead atoms. The molecule has 17 heavy (non-hydrogen) atoms. The molecule has 1 N–H and O–H groups in total. The van der Waals surface area contributed by atoms with E-state index in [4.69, 9.17) is 5.41 Å². The molecule has 90 valence electrons. The Hall–Kier alpha value is -1.15. The molecular weight excluding hydrogens is 208 g/mol. The van der Waals surface area contributed by atoms with Gasteiger partial charge in [0, 0.05) is 36.7 Å². The fraction of sp³-hybridized carbons (Fsp3) is 0.533. The van der Waals surface area contributed by atoms with Gasteiger partial charge in [0.1, 0.15) is 0 Å². The Labute approximate surface area is 103 Å². The second kappa shape index (κ2) is 3.95. The molecule has 1 atom stereocenters. The maximum Gasteiger partial charge on any atom is 0.0234 e. The number of hydrogen-bond donors (Lipinski definition) is 1. The number of hydrogen-bond acceptors (Lipinski definition) is 2. The summed E-state index contributed by atoms with van der Waals surface area (Å²) in [4.78, 5) is 2.53. The van der Waals surface area contributed by atoms with Crippen LogP contribution in [0.25, 0.3) is 0 Å². The molecule has 1 saturated heterocycles. The van der Waals surface area contributed by atoms with Gasteiger partial charge in [0.25, 0.3) is 0 Å². The number of nitrogens with zero attached hydrogens (tertiary/aromatic N) is 1. The summed E-state index contributed by atoms with van der Waals surface area (Å²) in [6.45, 7) is 5.40. The van der Waals surface area contributed by atoms with Gasteiger partial charge in [-0.3, -0.25) is 4.90 Å². The van der Waals surface area contributed by atoms with E-state index in [-0.39, 0.29) is 5.41 Å². The molecular formula is C15H20N2. The summed E-state index contributed by atoms with van der Waals surface area (Å²) >= 11 is 0. The number of rotatable bonds is 2. The molecule has 2 aliphatic rings. The van der Waals surface area contributed by atoms with Crippen molar-refractivity contribution in [3.63, 3.8) is 0 Å². The van der Waals surface area contributed by atoms with E-state index in [9.17, 15) is 0 Å². The van der Waals surface area contributed by atoms with Crippen LogP contribution >= 0.6 is 0 Å². The van der Waals surface area contributed by atoms with Crippen LogP contribution in [0.15, 0.2) is 30.3 Å². The zero-order valence-corrected chi connectivity index (χ0v) is 10.4. The fourth-order valence-corrected chi connectivity index (χ4v) is 3.12. The summed E-state index contributed by atoms with van der Waals surface area (Å²) in [6, 6.07) is 10.7. The van der Waals surface area contributed by atoms with Gasteiger partial charge in [0.2, 0.25) is 0 Å². The molecule has 3 rings (SSSR count). The molecule has 0 radical (unpaired) electrons. The standard InChI is InChI=1S/C15H20N2/c1-12-9-17(10-13-5-3-2-4-6-13)11-15(7-8-15)14(12)16/h2-6,12,16H,7-11H2,1H3/t12-/m0/s1. The largest absolute Gasteiger partial charge is 0.309 e. The van der Waals surface area contributed by atoms with Crippen LogP contribution in [0.2, 0.25) is 0 Å². The van der Waals surface area contributed by atoms with Gasteiger partial charge in [-0.25, -0.2) is 0 Å². The number of benzene rings is 1. The molecule has 1 aliphatic carbocycles. The van der Waals surface area contributed by atoms with Crippen LogP contribution in [0.5, 0.6) is 0 Å². The normalized spacial score (nSPS) is 27.4. The van der Waals surface area contributed by atoms with Crippen molar-refractivity contribution < 1.29 is 0 Å². The first kappa shape index (κ1) is 11.0. The van der Waals surface area contributed by atoms with E-state index < -0.39 is 0 Å². The Bertz CT molecular complexity index is 420. The van der Waals surface area contributed by atoms with E-state index in [1.807, 2.05) is 0 Å². The van der Waals surface area contributed by atoms with E-state index in [1.165, 1.54) is 18.4 Å². The molecule has 0 amide bonds. The average molecular weight is 228 g/mol. The first-order valence-electron chi connectivity index (χ1n) is 6.55. The Balaban J connectivity index is 1.71. The van der Waals surface area contributed by atoms with Crippen LogP contribution in [0.1, 0.15) is 25.3 Å². The van der Waals surface area contributed by atoms with Crippen LogP contribution in [-0.4, -0.2) is 23.7 Å². The van der Waals surface area contributed by atoms with Gasteiger partial charge in [-0.15, -0.1) is 0 Å². The monoisotopic (exact) mass is 228 g/mol. The first-order chi connectivity index (χ1) is 8.20. The minimum atomic E-state index is 0.270. The van der Waals surface area contributed by atoms with Gasteiger partial charge in [-0.05, 0) is 18.4 Å². The van der Waals surface area contributed by atoms with Crippen molar-refractivity contribution in [1.29, 1.82) is 5.41 Å². The lowest BCUT2D eigenvalue weighted by Crippen LogP contribution is -2.46. The highest BCUT2D eigenvalue weighted by Gasteiger charge is 2.51. The van der Waals surface area contributed by atoms with Crippen molar-refractivity contribution in [2.75, 3.05) is 13.1 Å². The van der Waals surface area contributed by atoms with Gasteiger partial charge < -0.3 is 5.41 Å². The minimum Gasteiger partial charge on any atom is -0.309 e. The molecule has 1 saturated carbocycles. The highest BCUT2D eigenvalue weighted by Crippen LogP contribution is 2.51. The summed E-state index contributed by atoms with van der Waals surface area (Å²) in [6.07, 6.45) is 2.48. The number of likely N-dealkylation sites (tertiary alicyclic amines) is 1. The third-order valence-corrected chi connectivity index (χ3v) is 4.23. The van der Waals surface area contributed by atoms with Crippen molar-refractivity contribution in [3.05, 3.63) is 35.9 Å². The van der Waals surface area contributed by atoms with Crippen LogP contribution in [0.3, 0.4) is 0 Å². The minimum absolute atomic E-state index is 0.270. The topological polar surface area (TPSA) is 27.1 Å². The smallest absolute Gasteiger partial charge is 0.0234 e. The Morgan fingerprint density at radius 3 is 2.65 bits per heavy atom. The molecule has 2 nitrogen and oxygen atoms in total. The zero-order chi connectivity index (χ0) is 11.9. The van der Waals surface area contributed by atoms with Gasteiger partial charge in [-0.2, -0.15) is 0 Å². The highest BCUT2D eigenvalue weighted by molar-refractivity contribution is 5.92. The number of piperidine rings is 1. The van der Waals surface area contributed by atoms with Crippen molar-refractivity contribution in [2.45, 2.75) is 26.3 Å². The van der Waals surface area contributed by atoms with E-state index >= 15 is 0 Å². The van der Waals surface area contributed by atoms with Crippen LogP contribution in [0.4, 0.5) is 0 Å². The van der Waals surface area contributed by atoms with Crippen molar-refractivity contribution in [2.24, 2.45) is 11.3 Å². The molecule has 1 heterocycles. The van der Waals surface area contributed by atoms with Crippen molar-refractivity contribution >= 4 is 5.71 Å². The van der Waals surface area contributed by atoms with Crippen LogP contribution in [0, 0.1) is 16.7 Å². The summed E-state index contributed by atoms with van der Waals surface area (Å²) in [5, 5.41) is 8.20. The lowest BCUT2D eigenvalue weighted by Gasteiger charge is -2.37. The summed E-state index contributed by atoms with van der Waals surface area (Å²) in [7, 11) is 0. The fourth-order valence-electron chi connectivity index (χ4n) is 3.12. The second-order valence-electron chi connectivity index (χ2n) is 5.75. The maximum atomic E-state index is 8.20. The highest BCUT2D eigenvalue weighted by atomic mass is 15.2. The lowest BCUT2D eigenvalue weighted by atomic mass is 9.85. The van der Waals surface area contributed by atoms with Gasteiger partial charge >= 0.3 is 0 Å². The molecule has 1 aromatic carbocycles. The molecule has 1 aliphatic heterocycles. The van der Waals surface area contributed by atoms with Crippen molar-refractivity contribution in [1.82, 2.24) is 4.90 Å². The number of nitrogens with one attached hydrogen (secondary N) is 1. The molecule has 2 heteroatoms. The molecule has 0 unspecified atom stereocenters. The van der Waals surface area contributed by atoms with Gasteiger partial charge in [0.05, 0.1) is 0 Å². The summed E-state index contributed by atoms with van der Waals surface area (Å²) in [5.41, 5.74) is 2.68. The average Bonchev–Trinajstić information content (AvgIpc) is 3.08. The van der Waals surface area contributed by atoms with E-state index in [0.29, 0.717) is 5.92 Å². The molecule has 1 aromatic rings. The van der Waals surface area contributed by atoms with E-state index in [1.54, 1.807) is 0 Å². The van der Waals surface area contributed by atoms with Gasteiger partial charge in [0.15, 0.2) is 0 Å². The third-order valence-electron chi connectivity index (χ3n) is 4.23. The molecule has 2 fully saturated rings. The quantitative estimate of drug-likeness (QED) is 0.828. The van der Waals surface area contributed by atoms with E-state index in [2.05, 4.69) is 42.2 Å². The maximum absolute atomic E-state index is 8.20. The summed E-state index contributed by atoms with van der Waals surface area (Å²) < 4.78 is 0. The summed E-state index contributed by atoms with van der Waals surface area (Å²) in [5.74, 6) is 0.440. The zero-order valence-electron chi connectivity index (χ0n) is 10.4. The Morgan fingerprint density at radius 2 is 2.00 bits per heavy atom. The third kappa shape index (κ3) is 2.02. The predicted octanol–water partition coefficient (Wildman–Crippen LogP) is 2.94. The predicted molar refractivity (Wildman–Crippen MR) is 70.3 cm³/mol. The van der Waals surface area contributed by atoms with Gasteiger partial charge in [-0.1, -0.05) is 37.3 Å².